The highest BCUT2D eigenvalue weighted by molar-refractivity contribution is 5.94. The molecule has 1 amide bonds. The fraction of sp³-hybridized carbons (Fsp3) is 0.714. The molecule has 6 nitrogen and oxygen atoms in total. The van der Waals surface area contributed by atoms with Gasteiger partial charge in [-0.1, -0.05) is 0 Å². The van der Waals surface area contributed by atoms with Crippen LogP contribution in [0.25, 0.3) is 0 Å². The Morgan fingerprint density at radius 3 is 2.70 bits per heavy atom. The van der Waals surface area contributed by atoms with Crippen molar-refractivity contribution in [2.75, 3.05) is 44.7 Å². The SMILES string of the molecule is CN(CC1CCNCC1)C(=O)c1ccc(N2CC(CO)CC23CCC3)nc1. The first-order valence-electron chi connectivity index (χ1n) is 10.4. The molecular formula is C21H32N4O2. The van der Waals surface area contributed by atoms with Crippen LogP contribution in [-0.2, 0) is 0 Å². The number of aliphatic hydroxyl groups is 1. The maximum absolute atomic E-state index is 12.8. The van der Waals surface area contributed by atoms with E-state index in [1.54, 1.807) is 6.20 Å². The number of hydrogen-bond acceptors (Lipinski definition) is 5. The standard InChI is InChI=1S/C21H32N4O2/c1-24(13-16-5-9-22-10-6-16)20(27)18-3-4-19(23-12-18)25-14-17(15-26)11-21(25)7-2-8-21/h3-4,12,16-17,22,26H,2,5-11,13-15H2,1H3. The molecule has 3 heterocycles. The van der Waals surface area contributed by atoms with Gasteiger partial charge in [0.1, 0.15) is 5.82 Å². The van der Waals surface area contributed by atoms with Crippen molar-refractivity contribution >= 4 is 11.7 Å². The van der Waals surface area contributed by atoms with Gasteiger partial charge in [-0.15, -0.1) is 0 Å². The molecule has 0 radical (unpaired) electrons. The molecule has 1 unspecified atom stereocenters. The maximum atomic E-state index is 12.8. The lowest BCUT2D eigenvalue weighted by Gasteiger charge is -2.46. The Hall–Kier alpha value is -1.66. The molecule has 1 aromatic rings. The third kappa shape index (κ3) is 3.69. The molecule has 4 rings (SSSR count). The van der Waals surface area contributed by atoms with Crippen molar-refractivity contribution < 1.29 is 9.90 Å². The molecule has 148 valence electrons. The third-order valence-corrected chi connectivity index (χ3v) is 6.83. The Bertz CT molecular complexity index is 653. The number of nitrogens with zero attached hydrogens (tertiary/aromatic N) is 3. The molecule has 6 heteroatoms. The van der Waals surface area contributed by atoms with Crippen molar-refractivity contribution in [3.8, 4) is 0 Å². The number of carbonyl (C=O) groups is 1. The first-order valence-corrected chi connectivity index (χ1v) is 10.4. The molecule has 2 saturated heterocycles. The molecule has 2 N–H and O–H groups in total. The van der Waals surface area contributed by atoms with Crippen molar-refractivity contribution in [2.45, 2.75) is 44.1 Å². The van der Waals surface area contributed by atoms with E-state index in [0.29, 0.717) is 17.4 Å². The van der Waals surface area contributed by atoms with Gasteiger partial charge in [0.15, 0.2) is 0 Å². The van der Waals surface area contributed by atoms with Crippen LogP contribution in [0.3, 0.4) is 0 Å². The second kappa shape index (κ2) is 7.76. The zero-order chi connectivity index (χ0) is 18.9. The number of pyridine rings is 1. The summed E-state index contributed by atoms with van der Waals surface area (Å²) in [6.45, 7) is 4.03. The van der Waals surface area contributed by atoms with Crippen LogP contribution in [0, 0.1) is 11.8 Å². The Morgan fingerprint density at radius 2 is 2.11 bits per heavy atom. The van der Waals surface area contributed by atoms with E-state index < -0.39 is 0 Å². The Labute approximate surface area is 161 Å². The van der Waals surface area contributed by atoms with Gasteiger partial charge in [-0.05, 0) is 69.7 Å². The van der Waals surface area contributed by atoms with Crippen molar-refractivity contribution in [1.82, 2.24) is 15.2 Å². The summed E-state index contributed by atoms with van der Waals surface area (Å²) in [5.41, 5.74) is 0.855. The van der Waals surface area contributed by atoms with E-state index in [1.165, 1.54) is 19.3 Å². The summed E-state index contributed by atoms with van der Waals surface area (Å²) in [6, 6.07) is 3.91. The summed E-state index contributed by atoms with van der Waals surface area (Å²) >= 11 is 0. The average Bonchev–Trinajstić information content (AvgIpc) is 3.09. The summed E-state index contributed by atoms with van der Waals surface area (Å²) in [7, 11) is 1.90. The summed E-state index contributed by atoms with van der Waals surface area (Å²) in [5.74, 6) is 1.93. The van der Waals surface area contributed by atoms with E-state index in [2.05, 4.69) is 15.2 Å². The molecular weight excluding hydrogens is 340 g/mol. The Balaban J connectivity index is 1.41. The first-order chi connectivity index (χ1) is 13.1. The van der Waals surface area contributed by atoms with Gasteiger partial charge >= 0.3 is 0 Å². The highest BCUT2D eigenvalue weighted by Gasteiger charge is 2.49. The number of hydrogen-bond donors (Lipinski definition) is 2. The zero-order valence-electron chi connectivity index (χ0n) is 16.4. The van der Waals surface area contributed by atoms with Gasteiger partial charge in [0.05, 0.1) is 5.56 Å². The van der Waals surface area contributed by atoms with Gasteiger partial charge in [0, 0.05) is 44.4 Å². The molecule has 1 aliphatic carbocycles. The monoisotopic (exact) mass is 372 g/mol. The van der Waals surface area contributed by atoms with Gasteiger partial charge in [-0.2, -0.15) is 0 Å². The van der Waals surface area contributed by atoms with Crippen LogP contribution in [0.15, 0.2) is 18.3 Å². The van der Waals surface area contributed by atoms with E-state index >= 15 is 0 Å². The van der Waals surface area contributed by atoms with E-state index in [1.807, 2.05) is 24.1 Å². The number of nitrogens with one attached hydrogen (secondary N) is 1. The van der Waals surface area contributed by atoms with E-state index in [0.717, 1.165) is 51.3 Å². The number of aliphatic hydroxyl groups excluding tert-OH is 1. The quantitative estimate of drug-likeness (QED) is 0.826. The summed E-state index contributed by atoms with van der Waals surface area (Å²) in [6.07, 6.45) is 8.69. The van der Waals surface area contributed by atoms with Crippen molar-refractivity contribution in [2.24, 2.45) is 11.8 Å². The number of aromatic nitrogens is 1. The highest BCUT2D eigenvalue weighted by Crippen LogP contribution is 2.48. The van der Waals surface area contributed by atoms with Gasteiger partial charge < -0.3 is 20.2 Å². The number of piperidine rings is 1. The number of amides is 1. The van der Waals surface area contributed by atoms with Gasteiger partial charge in [0.25, 0.3) is 5.91 Å². The van der Waals surface area contributed by atoms with Gasteiger partial charge in [0.2, 0.25) is 0 Å². The molecule has 3 aliphatic rings. The van der Waals surface area contributed by atoms with Gasteiger partial charge in [-0.3, -0.25) is 4.79 Å². The number of anilines is 1. The van der Waals surface area contributed by atoms with Crippen molar-refractivity contribution in [1.29, 1.82) is 0 Å². The predicted molar refractivity (Wildman–Crippen MR) is 106 cm³/mol. The zero-order valence-corrected chi connectivity index (χ0v) is 16.4. The smallest absolute Gasteiger partial charge is 0.255 e. The van der Waals surface area contributed by atoms with Crippen LogP contribution in [0.4, 0.5) is 5.82 Å². The van der Waals surface area contributed by atoms with E-state index in [4.69, 9.17) is 0 Å². The highest BCUT2D eigenvalue weighted by atomic mass is 16.3. The lowest BCUT2D eigenvalue weighted by Crippen LogP contribution is -2.49. The minimum absolute atomic E-state index is 0.0561. The molecule has 1 aromatic heterocycles. The molecule has 3 fully saturated rings. The predicted octanol–water partition coefficient (Wildman–Crippen LogP) is 1.89. The van der Waals surface area contributed by atoms with Crippen LogP contribution in [0.1, 0.15) is 48.9 Å². The largest absolute Gasteiger partial charge is 0.396 e. The van der Waals surface area contributed by atoms with E-state index in [-0.39, 0.29) is 18.1 Å². The Kier molecular flexibility index (Phi) is 5.37. The number of rotatable bonds is 5. The second-order valence-electron chi connectivity index (χ2n) is 8.73. The van der Waals surface area contributed by atoms with Crippen LogP contribution in [0.5, 0.6) is 0 Å². The summed E-state index contributed by atoms with van der Waals surface area (Å²) < 4.78 is 0. The second-order valence-corrected chi connectivity index (χ2v) is 8.73. The van der Waals surface area contributed by atoms with E-state index in [9.17, 15) is 9.90 Å². The molecule has 0 aromatic carbocycles. The molecule has 27 heavy (non-hydrogen) atoms. The Morgan fingerprint density at radius 1 is 1.33 bits per heavy atom. The summed E-state index contributed by atoms with van der Waals surface area (Å²) in [4.78, 5) is 21.6. The minimum atomic E-state index is 0.0561. The average molecular weight is 373 g/mol. The lowest BCUT2D eigenvalue weighted by molar-refractivity contribution is 0.0762. The molecule has 2 aliphatic heterocycles. The summed E-state index contributed by atoms with van der Waals surface area (Å²) in [5, 5.41) is 13.0. The molecule has 1 spiro atoms. The maximum Gasteiger partial charge on any atom is 0.255 e. The molecule has 1 saturated carbocycles. The fourth-order valence-corrected chi connectivity index (χ4v) is 5.11. The first kappa shape index (κ1) is 18.7. The van der Waals surface area contributed by atoms with Crippen molar-refractivity contribution in [3.63, 3.8) is 0 Å². The van der Waals surface area contributed by atoms with Crippen molar-refractivity contribution in [3.05, 3.63) is 23.9 Å². The van der Waals surface area contributed by atoms with Crippen LogP contribution < -0.4 is 10.2 Å². The normalized spacial score (nSPS) is 24.8. The van der Waals surface area contributed by atoms with Crippen LogP contribution >= 0.6 is 0 Å². The molecule has 0 bridgehead atoms. The molecule has 1 atom stereocenters. The van der Waals surface area contributed by atoms with Gasteiger partial charge in [-0.25, -0.2) is 4.98 Å². The van der Waals surface area contributed by atoms with Crippen LogP contribution in [0.2, 0.25) is 0 Å². The topological polar surface area (TPSA) is 68.7 Å². The fourth-order valence-electron chi connectivity index (χ4n) is 5.11. The lowest BCUT2D eigenvalue weighted by atomic mass is 9.73. The van der Waals surface area contributed by atoms with Crippen LogP contribution in [-0.4, -0.2) is 66.3 Å². The minimum Gasteiger partial charge on any atom is -0.396 e. The number of carbonyl (C=O) groups excluding carboxylic acids is 1. The third-order valence-electron chi connectivity index (χ3n) is 6.83.